The van der Waals surface area contributed by atoms with Crippen molar-refractivity contribution in [1.29, 1.82) is 0 Å². The van der Waals surface area contributed by atoms with E-state index in [1.54, 1.807) is 30.6 Å². The summed E-state index contributed by atoms with van der Waals surface area (Å²) >= 11 is 1.31. The average molecular weight is 348 g/mol. The predicted octanol–water partition coefficient (Wildman–Crippen LogP) is 3.24. The van der Waals surface area contributed by atoms with E-state index in [-0.39, 0.29) is 17.5 Å². The Morgan fingerprint density at radius 1 is 1.25 bits per heavy atom. The lowest BCUT2D eigenvalue weighted by atomic mass is 10.2. The van der Waals surface area contributed by atoms with Crippen LogP contribution < -0.4 is 10.6 Å². The number of nitrogens with one attached hydrogen (secondary N) is 2. The van der Waals surface area contributed by atoms with Crippen molar-refractivity contribution in [2.45, 2.75) is 31.3 Å². The maximum absolute atomic E-state index is 13.7. The minimum Gasteiger partial charge on any atom is -0.364 e. The number of aromatic nitrogens is 2. The molecule has 2 aromatic rings. The van der Waals surface area contributed by atoms with Crippen molar-refractivity contribution >= 4 is 23.5 Å². The van der Waals surface area contributed by atoms with Gasteiger partial charge >= 0.3 is 0 Å². The summed E-state index contributed by atoms with van der Waals surface area (Å²) < 4.78 is 13.7. The fraction of sp³-hybridized carbons (Fsp3) is 0.353. The van der Waals surface area contributed by atoms with Crippen molar-refractivity contribution < 1.29 is 9.18 Å². The number of hydrogen-bond acceptors (Lipinski definition) is 5. The molecule has 1 heterocycles. The first-order chi connectivity index (χ1) is 11.7. The molecule has 2 N–H and O–H groups in total. The molecule has 0 aliphatic carbocycles. The maximum atomic E-state index is 13.7. The first kappa shape index (κ1) is 18.2. The molecule has 0 spiro atoms. The molecule has 0 saturated carbocycles. The molecule has 0 fully saturated rings. The molecule has 0 bridgehead atoms. The fourth-order valence-corrected chi connectivity index (χ4v) is 2.73. The summed E-state index contributed by atoms with van der Waals surface area (Å²) in [6.45, 7) is 3.07. The fourth-order valence-electron chi connectivity index (χ4n) is 1.96. The highest BCUT2D eigenvalue weighted by atomic mass is 32.2. The van der Waals surface area contributed by atoms with Crippen LogP contribution in [0.3, 0.4) is 0 Å². The van der Waals surface area contributed by atoms with Gasteiger partial charge < -0.3 is 10.6 Å². The Bertz CT molecular complexity index is 669. The van der Waals surface area contributed by atoms with E-state index in [1.165, 1.54) is 17.8 Å². The van der Waals surface area contributed by atoms with Crippen LogP contribution in [0.1, 0.15) is 25.3 Å². The van der Waals surface area contributed by atoms with Gasteiger partial charge in [0.2, 0.25) is 5.91 Å². The summed E-state index contributed by atoms with van der Waals surface area (Å²) in [5.74, 6) is 0.529. The Hall–Kier alpha value is -2.15. The van der Waals surface area contributed by atoms with Crippen molar-refractivity contribution in [3.63, 3.8) is 0 Å². The Kier molecular flexibility index (Phi) is 7.48. The maximum Gasteiger partial charge on any atom is 0.230 e. The van der Waals surface area contributed by atoms with Crippen LogP contribution in [0, 0.1) is 5.82 Å². The molecular weight excluding hydrogens is 327 g/mol. The smallest absolute Gasteiger partial charge is 0.230 e. The number of thioether (sulfide) groups is 1. The van der Waals surface area contributed by atoms with Gasteiger partial charge in [-0.3, -0.25) is 4.79 Å². The van der Waals surface area contributed by atoms with Crippen LogP contribution in [0.15, 0.2) is 41.7 Å². The van der Waals surface area contributed by atoms with E-state index in [1.807, 2.05) is 0 Å². The molecule has 0 aliphatic rings. The lowest BCUT2D eigenvalue weighted by molar-refractivity contribution is -0.118. The number of halogens is 1. The Morgan fingerprint density at radius 2 is 2.04 bits per heavy atom. The molecular formula is C17H21FN4OS. The normalized spacial score (nSPS) is 10.4. The number of anilines is 1. The quantitative estimate of drug-likeness (QED) is 0.538. The molecule has 1 aromatic carbocycles. The van der Waals surface area contributed by atoms with Crippen LogP contribution in [0.5, 0.6) is 0 Å². The van der Waals surface area contributed by atoms with Gasteiger partial charge in [-0.25, -0.2) is 14.4 Å². The van der Waals surface area contributed by atoms with E-state index in [4.69, 9.17) is 0 Å². The molecule has 0 atom stereocenters. The van der Waals surface area contributed by atoms with E-state index < -0.39 is 0 Å². The molecule has 128 valence electrons. The third-order valence-corrected chi connectivity index (χ3v) is 4.24. The zero-order chi connectivity index (χ0) is 17.2. The highest BCUT2D eigenvalue weighted by Gasteiger charge is 2.09. The molecule has 0 unspecified atom stereocenters. The SMILES string of the molecule is CCCCNC(=O)CSc1nccnc1NCc1ccccc1F. The zero-order valence-electron chi connectivity index (χ0n) is 13.6. The summed E-state index contributed by atoms with van der Waals surface area (Å²) in [6, 6.07) is 6.57. The van der Waals surface area contributed by atoms with Crippen LogP contribution in [0.4, 0.5) is 10.2 Å². The summed E-state index contributed by atoms with van der Waals surface area (Å²) in [7, 11) is 0. The van der Waals surface area contributed by atoms with Crippen molar-refractivity contribution in [2.75, 3.05) is 17.6 Å². The molecule has 0 radical (unpaired) electrons. The lowest BCUT2D eigenvalue weighted by Gasteiger charge is -2.10. The first-order valence-electron chi connectivity index (χ1n) is 7.88. The minimum atomic E-state index is -0.265. The second kappa shape index (κ2) is 9.87. The second-order valence-corrected chi connectivity index (χ2v) is 6.11. The third kappa shape index (κ3) is 5.81. The van der Waals surface area contributed by atoms with Gasteiger partial charge in [0.05, 0.1) is 5.75 Å². The van der Waals surface area contributed by atoms with Gasteiger partial charge in [0.15, 0.2) is 5.82 Å². The number of nitrogens with zero attached hydrogens (tertiary/aromatic N) is 2. The summed E-state index contributed by atoms with van der Waals surface area (Å²) in [4.78, 5) is 20.3. The van der Waals surface area contributed by atoms with Crippen molar-refractivity contribution in [2.24, 2.45) is 0 Å². The third-order valence-electron chi connectivity index (χ3n) is 3.26. The van der Waals surface area contributed by atoms with E-state index in [2.05, 4.69) is 27.5 Å². The highest BCUT2D eigenvalue weighted by Crippen LogP contribution is 2.22. The molecule has 5 nitrogen and oxygen atoms in total. The average Bonchev–Trinajstić information content (AvgIpc) is 2.60. The van der Waals surface area contributed by atoms with Crippen molar-refractivity contribution in [3.05, 3.63) is 48.0 Å². The number of benzene rings is 1. The van der Waals surface area contributed by atoms with Gasteiger partial charge in [0.25, 0.3) is 0 Å². The highest BCUT2D eigenvalue weighted by molar-refractivity contribution is 8.00. The van der Waals surface area contributed by atoms with Crippen LogP contribution in [-0.4, -0.2) is 28.2 Å². The molecule has 2 rings (SSSR count). The van der Waals surface area contributed by atoms with Gasteiger partial charge in [-0.15, -0.1) is 0 Å². The monoisotopic (exact) mass is 348 g/mol. The lowest BCUT2D eigenvalue weighted by Crippen LogP contribution is -2.26. The Morgan fingerprint density at radius 3 is 2.83 bits per heavy atom. The van der Waals surface area contributed by atoms with Crippen LogP contribution >= 0.6 is 11.8 Å². The van der Waals surface area contributed by atoms with Gasteiger partial charge in [0.1, 0.15) is 10.8 Å². The number of hydrogen-bond donors (Lipinski definition) is 2. The van der Waals surface area contributed by atoms with E-state index in [0.29, 0.717) is 29.5 Å². The van der Waals surface area contributed by atoms with E-state index in [9.17, 15) is 9.18 Å². The van der Waals surface area contributed by atoms with Crippen LogP contribution in [0.25, 0.3) is 0 Å². The molecule has 0 aliphatic heterocycles. The van der Waals surface area contributed by atoms with Gasteiger partial charge in [-0.05, 0) is 12.5 Å². The molecule has 0 saturated heterocycles. The molecule has 1 amide bonds. The standard InChI is InChI=1S/C17H21FN4OS/c1-2-3-8-19-15(23)12-24-17-16(20-9-10-21-17)22-11-13-6-4-5-7-14(13)18/h4-7,9-10H,2-3,8,11-12H2,1H3,(H,19,23)(H,20,22). The van der Waals surface area contributed by atoms with Gasteiger partial charge in [-0.1, -0.05) is 43.3 Å². The minimum absolute atomic E-state index is 0.0286. The summed E-state index contributed by atoms with van der Waals surface area (Å²) in [5.41, 5.74) is 0.552. The first-order valence-corrected chi connectivity index (χ1v) is 8.87. The summed E-state index contributed by atoms with van der Waals surface area (Å²) in [5, 5.41) is 6.57. The van der Waals surface area contributed by atoms with Crippen LogP contribution in [-0.2, 0) is 11.3 Å². The molecule has 7 heteroatoms. The topological polar surface area (TPSA) is 66.9 Å². The molecule has 1 aromatic heterocycles. The number of amides is 1. The Labute approximate surface area is 145 Å². The van der Waals surface area contributed by atoms with Crippen LogP contribution in [0.2, 0.25) is 0 Å². The van der Waals surface area contributed by atoms with Crippen molar-refractivity contribution in [3.8, 4) is 0 Å². The van der Waals surface area contributed by atoms with Gasteiger partial charge in [-0.2, -0.15) is 0 Å². The Balaban J connectivity index is 1.90. The number of carbonyl (C=O) groups excluding carboxylic acids is 1. The van der Waals surface area contributed by atoms with Crippen molar-refractivity contribution in [1.82, 2.24) is 15.3 Å². The zero-order valence-corrected chi connectivity index (χ0v) is 14.4. The predicted molar refractivity (Wildman–Crippen MR) is 94.4 cm³/mol. The largest absolute Gasteiger partial charge is 0.364 e. The summed E-state index contributed by atoms with van der Waals surface area (Å²) in [6.07, 6.45) is 5.15. The number of carbonyl (C=O) groups is 1. The second-order valence-electron chi connectivity index (χ2n) is 5.15. The van der Waals surface area contributed by atoms with E-state index in [0.717, 1.165) is 12.8 Å². The van der Waals surface area contributed by atoms with Gasteiger partial charge in [0, 0.05) is 31.0 Å². The molecule has 24 heavy (non-hydrogen) atoms. The van der Waals surface area contributed by atoms with E-state index >= 15 is 0 Å². The number of rotatable bonds is 9. The number of unbranched alkanes of at least 4 members (excludes halogenated alkanes) is 1.